The maximum absolute atomic E-state index is 11.0. The molecule has 1 rings (SSSR count). The van der Waals surface area contributed by atoms with Crippen LogP contribution < -0.4 is 10.1 Å². The summed E-state index contributed by atoms with van der Waals surface area (Å²) in [7, 11) is 0. The Bertz CT molecular complexity index is 423. The number of anilines is 1. The molecule has 100 valence electrons. The third kappa shape index (κ3) is 3.54. The van der Waals surface area contributed by atoms with Crippen LogP contribution in [0.2, 0.25) is 0 Å². The minimum atomic E-state index is -0.510. The molecular formula is C11H18N4O3. The van der Waals surface area contributed by atoms with Gasteiger partial charge >= 0.3 is 5.69 Å². The largest absolute Gasteiger partial charge is 0.473 e. The van der Waals surface area contributed by atoms with E-state index in [2.05, 4.69) is 15.3 Å². The summed E-state index contributed by atoms with van der Waals surface area (Å²) >= 11 is 0. The summed E-state index contributed by atoms with van der Waals surface area (Å²) < 4.78 is 5.32. The second-order valence-corrected chi connectivity index (χ2v) is 3.82. The second kappa shape index (κ2) is 6.73. The van der Waals surface area contributed by atoms with E-state index >= 15 is 0 Å². The molecule has 0 amide bonds. The van der Waals surface area contributed by atoms with Crippen molar-refractivity contribution in [2.75, 3.05) is 18.5 Å². The first-order valence-electron chi connectivity index (χ1n) is 5.99. The van der Waals surface area contributed by atoms with Crippen molar-refractivity contribution in [2.45, 2.75) is 33.6 Å². The minimum absolute atomic E-state index is 0.0351. The Morgan fingerprint density at radius 2 is 2.06 bits per heavy atom. The first-order valence-corrected chi connectivity index (χ1v) is 5.99. The molecule has 0 saturated carbocycles. The van der Waals surface area contributed by atoms with Gasteiger partial charge in [0.25, 0.3) is 5.88 Å². The van der Waals surface area contributed by atoms with Crippen molar-refractivity contribution in [2.24, 2.45) is 0 Å². The number of nitrogens with one attached hydrogen (secondary N) is 1. The summed E-state index contributed by atoms with van der Waals surface area (Å²) in [6, 6.07) is 0. The van der Waals surface area contributed by atoms with Crippen molar-refractivity contribution < 1.29 is 9.66 Å². The van der Waals surface area contributed by atoms with Crippen LogP contribution in [-0.2, 0) is 0 Å². The molecule has 0 spiro atoms. The van der Waals surface area contributed by atoms with Crippen LogP contribution in [0.1, 0.15) is 32.4 Å². The Hall–Kier alpha value is -1.92. The van der Waals surface area contributed by atoms with Gasteiger partial charge in [0, 0.05) is 6.54 Å². The van der Waals surface area contributed by atoms with Crippen LogP contribution in [0, 0.1) is 17.0 Å². The molecule has 0 bridgehead atoms. The van der Waals surface area contributed by atoms with Crippen LogP contribution in [-0.4, -0.2) is 28.0 Å². The van der Waals surface area contributed by atoms with E-state index in [0.717, 1.165) is 12.8 Å². The van der Waals surface area contributed by atoms with Crippen LogP contribution in [0.25, 0.3) is 0 Å². The van der Waals surface area contributed by atoms with Gasteiger partial charge in [0.2, 0.25) is 5.95 Å². The van der Waals surface area contributed by atoms with Crippen molar-refractivity contribution >= 4 is 11.6 Å². The molecule has 0 aliphatic carbocycles. The maximum atomic E-state index is 11.0. The van der Waals surface area contributed by atoms with E-state index in [1.165, 1.54) is 0 Å². The molecule has 0 aromatic carbocycles. The molecule has 0 unspecified atom stereocenters. The lowest BCUT2D eigenvalue weighted by molar-refractivity contribution is -0.387. The Balaban J connectivity index is 3.06. The lowest BCUT2D eigenvalue weighted by Crippen LogP contribution is -2.10. The third-order valence-electron chi connectivity index (χ3n) is 2.18. The fourth-order valence-electron chi connectivity index (χ4n) is 1.37. The zero-order valence-electron chi connectivity index (χ0n) is 10.9. The Labute approximate surface area is 106 Å². The zero-order chi connectivity index (χ0) is 13.5. The molecule has 0 fully saturated rings. The number of ether oxygens (including phenoxy) is 1. The highest BCUT2D eigenvalue weighted by Gasteiger charge is 2.23. The second-order valence-electron chi connectivity index (χ2n) is 3.82. The molecule has 0 radical (unpaired) electrons. The standard InChI is InChI=1S/C11H18N4O3/c1-4-6-12-11-13-8(3)9(15(16)17)10(14-11)18-7-5-2/h4-7H2,1-3H3,(H,12,13,14). The predicted molar refractivity (Wildman–Crippen MR) is 68.0 cm³/mol. The van der Waals surface area contributed by atoms with Gasteiger partial charge in [-0.15, -0.1) is 0 Å². The fraction of sp³-hybridized carbons (Fsp3) is 0.636. The van der Waals surface area contributed by atoms with Crippen LogP contribution >= 0.6 is 0 Å². The summed E-state index contributed by atoms with van der Waals surface area (Å²) in [5, 5.41) is 13.9. The number of nitrogens with zero attached hydrogens (tertiary/aromatic N) is 3. The van der Waals surface area contributed by atoms with Crippen molar-refractivity contribution in [3.05, 3.63) is 15.8 Å². The third-order valence-corrected chi connectivity index (χ3v) is 2.18. The van der Waals surface area contributed by atoms with Gasteiger partial charge in [-0.1, -0.05) is 13.8 Å². The molecule has 7 heteroatoms. The Kier molecular flexibility index (Phi) is 5.29. The van der Waals surface area contributed by atoms with Crippen LogP contribution in [0.3, 0.4) is 0 Å². The lowest BCUT2D eigenvalue weighted by Gasteiger charge is -2.09. The maximum Gasteiger partial charge on any atom is 0.352 e. The van der Waals surface area contributed by atoms with Crippen molar-refractivity contribution in [1.82, 2.24) is 9.97 Å². The van der Waals surface area contributed by atoms with E-state index in [9.17, 15) is 10.1 Å². The first-order chi connectivity index (χ1) is 8.60. The van der Waals surface area contributed by atoms with Gasteiger partial charge < -0.3 is 10.1 Å². The lowest BCUT2D eigenvalue weighted by atomic mass is 10.3. The molecule has 0 saturated heterocycles. The van der Waals surface area contributed by atoms with Crippen molar-refractivity contribution in [3.63, 3.8) is 0 Å². The van der Waals surface area contributed by atoms with Gasteiger partial charge in [0.15, 0.2) is 0 Å². The van der Waals surface area contributed by atoms with Crippen LogP contribution in [0.15, 0.2) is 0 Å². The molecule has 7 nitrogen and oxygen atoms in total. The van der Waals surface area contributed by atoms with E-state index in [4.69, 9.17) is 4.74 Å². The highest BCUT2D eigenvalue weighted by molar-refractivity contribution is 5.48. The zero-order valence-corrected chi connectivity index (χ0v) is 10.9. The highest BCUT2D eigenvalue weighted by Crippen LogP contribution is 2.28. The number of nitro groups is 1. The molecule has 1 N–H and O–H groups in total. The molecule has 1 aromatic rings. The molecule has 0 aliphatic heterocycles. The quantitative estimate of drug-likeness (QED) is 0.593. The summed E-state index contributed by atoms with van der Waals surface area (Å²) in [4.78, 5) is 18.5. The Morgan fingerprint density at radius 3 is 2.61 bits per heavy atom. The van der Waals surface area contributed by atoms with E-state index in [0.29, 0.717) is 24.8 Å². The van der Waals surface area contributed by atoms with Crippen molar-refractivity contribution in [3.8, 4) is 5.88 Å². The van der Waals surface area contributed by atoms with Crippen LogP contribution in [0.5, 0.6) is 5.88 Å². The van der Waals surface area contributed by atoms with Gasteiger partial charge in [0.1, 0.15) is 5.69 Å². The highest BCUT2D eigenvalue weighted by atomic mass is 16.6. The molecule has 1 aromatic heterocycles. The predicted octanol–water partition coefficient (Wildman–Crippen LogP) is 2.30. The summed E-state index contributed by atoms with van der Waals surface area (Å²) in [5.41, 5.74) is 0.144. The number of aromatic nitrogens is 2. The van der Waals surface area contributed by atoms with Gasteiger partial charge in [-0.05, 0) is 19.8 Å². The number of hydrogen-bond donors (Lipinski definition) is 1. The molecular weight excluding hydrogens is 236 g/mol. The number of rotatable bonds is 7. The van der Waals surface area contributed by atoms with E-state index in [-0.39, 0.29) is 11.6 Å². The summed E-state index contributed by atoms with van der Waals surface area (Å²) in [6.45, 7) is 6.63. The van der Waals surface area contributed by atoms with E-state index in [1.807, 2.05) is 13.8 Å². The summed E-state index contributed by atoms with van der Waals surface area (Å²) in [5.74, 6) is 0.402. The van der Waals surface area contributed by atoms with Gasteiger partial charge in [-0.3, -0.25) is 10.1 Å². The van der Waals surface area contributed by atoms with Crippen molar-refractivity contribution in [1.29, 1.82) is 0 Å². The average Bonchev–Trinajstić information content (AvgIpc) is 2.32. The van der Waals surface area contributed by atoms with Gasteiger partial charge in [-0.2, -0.15) is 4.98 Å². The molecule has 0 aliphatic rings. The SMILES string of the molecule is CCCNc1nc(C)c([N+](=O)[O-])c(OCCC)n1. The number of aryl methyl sites for hydroxylation is 1. The smallest absolute Gasteiger partial charge is 0.352 e. The van der Waals surface area contributed by atoms with Gasteiger partial charge in [-0.25, -0.2) is 4.98 Å². The van der Waals surface area contributed by atoms with E-state index < -0.39 is 4.92 Å². The minimum Gasteiger partial charge on any atom is -0.473 e. The molecule has 18 heavy (non-hydrogen) atoms. The monoisotopic (exact) mass is 254 g/mol. The molecule has 1 heterocycles. The fourth-order valence-corrected chi connectivity index (χ4v) is 1.37. The van der Waals surface area contributed by atoms with Crippen LogP contribution in [0.4, 0.5) is 11.6 Å². The number of hydrogen-bond acceptors (Lipinski definition) is 6. The first kappa shape index (κ1) is 14.1. The normalized spacial score (nSPS) is 10.2. The molecule has 0 atom stereocenters. The van der Waals surface area contributed by atoms with Gasteiger partial charge in [0.05, 0.1) is 11.5 Å². The topological polar surface area (TPSA) is 90.2 Å². The van der Waals surface area contributed by atoms with E-state index in [1.54, 1.807) is 6.92 Å². The average molecular weight is 254 g/mol. The summed E-state index contributed by atoms with van der Waals surface area (Å²) in [6.07, 6.45) is 1.68. The Morgan fingerprint density at radius 1 is 1.33 bits per heavy atom.